The van der Waals surface area contributed by atoms with Crippen molar-refractivity contribution in [2.75, 3.05) is 0 Å². The molecule has 5 nitrogen and oxygen atoms in total. The number of aryl methyl sites for hydroxylation is 3. The van der Waals surface area contributed by atoms with Gasteiger partial charge in [0.15, 0.2) is 5.82 Å². The van der Waals surface area contributed by atoms with Gasteiger partial charge in [-0.3, -0.25) is 4.68 Å². The Balaban J connectivity index is 2.52. The molecule has 0 aromatic carbocycles. The van der Waals surface area contributed by atoms with Gasteiger partial charge in [-0.05, 0) is 26.8 Å². The number of hydrogen-bond donors (Lipinski definition) is 0. The van der Waals surface area contributed by atoms with Gasteiger partial charge in [-0.1, -0.05) is 0 Å². The van der Waals surface area contributed by atoms with Gasteiger partial charge >= 0.3 is 0 Å². The number of rotatable bonds is 3. The molecule has 0 unspecified atom stereocenters. The molecule has 2 aromatic rings. The number of hydrogen-bond acceptors (Lipinski definition) is 3. The standard InChI is InChI=1S/C10H15N5/c1-4-14-7-11-12-10(14)9-6-8(3)13-15(9)5-2/h6-7H,4-5H2,1-3H3. The van der Waals surface area contributed by atoms with Crippen LogP contribution in [0.15, 0.2) is 12.4 Å². The molecule has 5 heteroatoms. The number of aromatic nitrogens is 5. The number of nitrogens with zero attached hydrogens (tertiary/aromatic N) is 5. The van der Waals surface area contributed by atoms with Crippen LogP contribution in [-0.4, -0.2) is 24.5 Å². The van der Waals surface area contributed by atoms with Crippen LogP contribution < -0.4 is 0 Å². The van der Waals surface area contributed by atoms with E-state index in [1.54, 1.807) is 6.33 Å². The van der Waals surface area contributed by atoms with E-state index in [4.69, 9.17) is 0 Å². The van der Waals surface area contributed by atoms with Crippen molar-refractivity contribution in [2.45, 2.75) is 33.9 Å². The second kappa shape index (κ2) is 3.84. The molecule has 0 bridgehead atoms. The Morgan fingerprint density at radius 3 is 2.73 bits per heavy atom. The summed E-state index contributed by atoms with van der Waals surface area (Å²) < 4.78 is 3.97. The average molecular weight is 205 g/mol. The molecule has 0 aliphatic carbocycles. The molecule has 15 heavy (non-hydrogen) atoms. The largest absolute Gasteiger partial charge is 0.313 e. The van der Waals surface area contributed by atoms with Gasteiger partial charge in [-0.25, -0.2) is 0 Å². The highest BCUT2D eigenvalue weighted by molar-refractivity contribution is 5.50. The van der Waals surface area contributed by atoms with Gasteiger partial charge in [-0.2, -0.15) is 5.10 Å². The van der Waals surface area contributed by atoms with Crippen molar-refractivity contribution in [2.24, 2.45) is 0 Å². The van der Waals surface area contributed by atoms with Gasteiger partial charge in [0.2, 0.25) is 0 Å². The second-order valence-electron chi connectivity index (χ2n) is 3.43. The molecule has 80 valence electrons. The van der Waals surface area contributed by atoms with E-state index in [1.165, 1.54) is 0 Å². The fourth-order valence-corrected chi connectivity index (χ4v) is 1.65. The van der Waals surface area contributed by atoms with Crippen molar-refractivity contribution in [3.8, 4) is 11.5 Å². The van der Waals surface area contributed by atoms with Gasteiger partial charge in [0.1, 0.15) is 12.0 Å². The van der Waals surface area contributed by atoms with Crippen molar-refractivity contribution in [3.05, 3.63) is 18.1 Å². The summed E-state index contributed by atoms with van der Waals surface area (Å²) in [5.74, 6) is 0.889. The van der Waals surface area contributed by atoms with E-state index < -0.39 is 0 Å². The van der Waals surface area contributed by atoms with Crippen LogP contribution in [0.2, 0.25) is 0 Å². The summed E-state index contributed by atoms with van der Waals surface area (Å²) in [6.07, 6.45) is 1.75. The quantitative estimate of drug-likeness (QED) is 0.762. The highest BCUT2D eigenvalue weighted by atomic mass is 15.3. The minimum atomic E-state index is 0.847. The molecular weight excluding hydrogens is 190 g/mol. The second-order valence-corrected chi connectivity index (χ2v) is 3.43. The Kier molecular flexibility index (Phi) is 2.53. The molecule has 0 saturated heterocycles. The molecule has 2 rings (SSSR count). The summed E-state index contributed by atoms with van der Waals surface area (Å²) in [5, 5.41) is 12.5. The predicted octanol–water partition coefficient (Wildman–Crippen LogP) is 1.49. The minimum Gasteiger partial charge on any atom is -0.313 e. The summed E-state index contributed by atoms with van der Waals surface area (Å²) in [6, 6.07) is 2.04. The molecule has 0 radical (unpaired) electrons. The van der Waals surface area contributed by atoms with Gasteiger partial charge in [0, 0.05) is 13.1 Å². The molecule has 0 aliphatic heterocycles. The lowest BCUT2D eigenvalue weighted by molar-refractivity contribution is 0.650. The van der Waals surface area contributed by atoms with Gasteiger partial charge in [-0.15, -0.1) is 10.2 Å². The molecule has 0 atom stereocenters. The van der Waals surface area contributed by atoms with E-state index in [0.29, 0.717) is 0 Å². The Hall–Kier alpha value is -1.65. The fourth-order valence-electron chi connectivity index (χ4n) is 1.65. The summed E-state index contributed by atoms with van der Waals surface area (Å²) in [5.41, 5.74) is 2.05. The highest BCUT2D eigenvalue weighted by Crippen LogP contribution is 2.17. The van der Waals surface area contributed by atoms with Crippen LogP contribution in [0.4, 0.5) is 0 Å². The van der Waals surface area contributed by atoms with Crippen LogP contribution >= 0.6 is 0 Å². The third-order valence-electron chi connectivity index (χ3n) is 2.39. The molecule has 0 saturated carbocycles. The third-order valence-corrected chi connectivity index (χ3v) is 2.39. The normalized spacial score (nSPS) is 10.9. The summed E-state index contributed by atoms with van der Waals surface area (Å²) in [4.78, 5) is 0. The maximum absolute atomic E-state index is 4.40. The zero-order valence-corrected chi connectivity index (χ0v) is 9.30. The Labute approximate surface area is 88.7 Å². The first-order valence-corrected chi connectivity index (χ1v) is 5.18. The molecule has 0 aliphatic rings. The maximum Gasteiger partial charge on any atom is 0.182 e. The zero-order chi connectivity index (χ0) is 10.8. The Morgan fingerprint density at radius 2 is 2.07 bits per heavy atom. The van der Waals surface area contributed by atoms with Crippen molar-refractivity contribution < 1.29 is 0 Å². The molecule has 0 fully saturated rings. The lowest BCUT2D eigenvalue weighted by Gasteiger charge is -2.04. The van der Waals surface area contributed by atoms with Crippen LogP contribution in [0.5, 0.6) is 0 Å². The van der Waals surface area contributed by atoms with Crippen LogP contribution in [-0.2, 0) is 13.1 Å². The van der Waals surface area contributed by atoms with Gasteiger partial charge in [0.05, 0.1) is 5.69 Å². The van der Waals surface area contributed by atoms with E-state index in [0.717, 1.165) is 30.3 Å². The fraction of sp³-hybridized carbons (Fsp3) is 0.500. The molecule has 0 spiro atoms. The monoisotopic (exact) mass is 205 g/mol. The summed E-state index contributed by atoms with van der Waals surface area (Å²) in [6.45, 7) is 7.85. The predicted molar refractivity (Wildman–Crippen MR) is 57.3 cm³/mol. The topological polar surface area (TPSA) is 48.5 Å². The molecular formula is C10H15N5. The lowest BCUT2D eigenvalue weighted by atomic mass is 10.3. The van der Waals surface area contributed by atoms with Crippen molar-refractivity contribution >= 4 is 0 Å². The van der Waals surface area contributed by atoms with Crippen LogP contribution in [0, 0.1) is 6.92 Å². The molecule has 0 N–H and O–H groups in total. The van der Waals surface area contributed by atoms with Crippen LogP contribution in [0.3, 0.4) is 0 Å². The molecule has 2 heterocycles. The zero-order valence-electron chi connectivity index (χ0n) is 9.30. The van der Waals surface area contributed by atoms with E-state index in [9.17, 15) is 0 Å². The first kappa shape index (κ1) is 9.89. The maximum atomic E-state index is 4.40. The van der Waals surface area contributed by atoms with Crippen LogP contribution in [0.25, 0.3) is 11.5 Å². The summed E-state index contributed by atoms with van der Waals surface area (Å²) in [7, 11) is 0. The van der Waals surface area contributed by atoms with E-state index in [2.05, 4.69) is 29.1 Å². The van der Waals surface area contributed by atoms with Crippen molar-refractivity contribution in [1.82, 2.24) is 24.5 Å². The van der Waals surface area contributed by atoms with E-state index >= 15 is 0 Å². The first-order chi connectivity index (χ1) is 7.26. The minimum absolute atomic E-state index is 0.847. The Morgan fingerprint density at radius 1 is 1.27 bits per heavy atom. The summed E-state index contributed by atoms with van der Waals surface area (Å²) >= 11 is 0. The first-order valence-electron chi connectivity index (χ1n) is 5.18. The molecule has 0 amide bonds. The van der Waals surface area contributed by atoms with Crippen molar-refractivity contribution in [3.63, 3.8) is 0 Å². The third kappa shape index (κ3) is 1.65. The van der Waals surface area contributed by atoms with Crippen LogP contribution in [0.1, 0.15) is 19.5 Å². The van der Waals surface area contributed by atoms with Crippen molar-refractivity contribution in [1.29, 1.82) is 0 Å². The average Bonchev–Trinajstić information content (AvgIpc) is 2.82. The van der Waals surface area contributed by atoms with Gasteiger partial charge < -0.3 is 4.57 Å². The van der Waals surface area contributed by atoms with E-state index in [1.807, 2.05) is 22.2 Å². The SMILES string of the molecule is CCn1cnnc1-c1cc(C)nn1CC. The lowest BCUT2D eigenvalue weighted by Crippen LogP contribution is -2.04. The molecule has 2 aromatic heterocycles. The van der Waals surface area contributed by atoms with Gasteiger partial charge in [0.25, 0.3) is 0 Å². The van der Waals surface area contributed by atoms with E-state index in [-0.39, 0.29) is 0 Å². The highest BCUT2D eigenvalue weighted by Gasteiger charge is 2.12. The smallest absolute Gasteiger partial charge is 0.182 e. The Bertz CT molecular complexity index is 454.